The molecule has 1 rings (SSSR count). The van der Waals surface area contributed by atoms with Crippen LogP contribution in [0.15, 0.2) is 18.3 Å². The second-order valence-electron chi connectivity index (χ2n) is 2.90. The lowest BCUT2D eigenvalue weighted by molar-refractivity contribution is 0.0650. The van der Waals surface area contributed by atoms with Gasteiger partial charge in [0.05, 0.1) is 12.7 Å². The third-order valence-corrected chi connectivity index (χ3v) is 1.68. The Morgan fingerprint density at radius 2 is 2.46 bits per heavy atom. The van der Waals surface area contributed by atoms with Crippen molar-refractivity contribution in [3.8, 4) is 0 Å². The van der Waals surface area contributed by atoms with Crippen molar-refractivity contribution in [1.29, 1.82) is 0 Å². The Kier molecular flexibility index (Phi) is 3.67. The number of rotatable bonds is 4. The van der Waals surface area contributed by atoms with E-state index in [1.165, 1.54) is 0 Å². The largest absolute Gasteiger partial charge is 0.390 e. The molecule has 3 N–H and O–H groups in total. The van der Waals surface area contributed by atoms with Crippen molar-refractivity contribution in [1.82, 2.24) is 4.98 Å². The molecule has 13 heavy (non-hydrogen) atoms. The number of nitrogens with zero attached hydrogens (tertiary/aromatic N) is 1. The van der Waals surface area contributed by atoms with Gasteiger partial charge >= 0.3 is 0 Å². The van der Waals surface area contributed by atoms with Crippen LogP contribution in [0.25, 0.3) is 0 Å². The van der Waals surface area contributed by atoms with Crippen LogP contribution in [-0.2, 0) is 11.2 Å². The highest BCUT2D eigenvalue weighted by Crippen LogP contribution is 2.06. The maximum atomic E-state index is 9.41. The number of ether oxygens (including phenoxy) is 1. The van der Waals surface area contributed by atoms with Crippen molar-refractivity contribution in [2.75, 3.05) is 19.5 Å². The van der Waals surface area contributed by atoms with E-state index < -0.39 is 6.10 Å². The van der Waals surface area contributed by atoms with Gasteiger partial charge in [-0.1, -0.05) is 0 Å². The molecule has 0 aliphatic heterocycles. The molecule has 0 spiro atoms. The van der Waals surface area contributed by atoms with Crippen LogP contribution in [0.4, 0.5) is 5.82 Å². The third kappa shape index (κ3) is 3.40. The van der Waals surface area contributed by atoms with Gasteiger partial charge in [0.2, 0.25) is 0 Å². The molecule has 0 aliphatic carbocycles. The number of nitrogen functional groups attached to an aromatic ring is 1. The van der Waals surface area contributed by atoms with Gasteiger partial charge in [-0.3, -0.25) is 0 Å². The predicted octanol–water partition coefficient (Wildman–Crippen LogP) is 0.214. The summed E-state index contributed by atoms with van der Waals surface area (Å²) in [6.07, 6.45) is 1.69. The summed E-state index contributed by atoms with van der Waals surface area (Å²) in [6.45, 7) is 0.336. The van der Waals surface area contributed by atoms with Crippen LogP contribution in [0.2, 0.25) is 0 Å². The molecule has 4 nitrogen and oxygen atoms in total. The van der Waals surface area contributed by atoms with E-state index in [0.29, 0.717) is 18.8 Å². The monoisotopic (exact) mass is 182 g/mol. The number of hydrogen-bond acceptors (Lipinski definition) is 4. The molecule has 0 amide bonds. The Morgan fingerprint density at radius 1 is 1.69 bits per heavy atom. The number of pyridine rings is 1. The van der Waals surface area contributed by atoms with E-state index >= 15 is 0 Å². The number of aromatic nitrogens is 1. The first-order valence-corrected chi connectivity index (χ1v) is 4.10. The normalized spacial score (nSPS) is 12.8. The Morgan fingerprint density at radius 3 is 3.08 bits per heavy atom. The van der Waals surface area contributed by atoms with E-state index in [0.717, 1.165) is 5.56 Å². The SMILES string of the molecule is COCC(O)Cc1ccnc(N)c1. The lowest BCUT2D eigenvalue weighted by Crippen LogP contribution is -2.17. The van der Waals surface area contributed by atoms with Gasteiger partial charge in [0, 0.05) is 19.7 Å². The second kappa shape index (κ2) is 4.79. The number of hydrogen-bond donors (Lipinski definition) is 2. The Labute approximate surface area is 77.4 Å². The van der Waals surface area contributed by atoms with Gasteiger partial charge in [0.15, 0.2) is 0 Å². The molecule has 0 saturated carbocycles. The van der Waals surface area contributed by atoms with E-state index in [-0.39, 0.29) is 0 Å². The smallest absolute Gasteiger partial charge is 0.123 e. The van der Waals surface area contributed by atoms with E-state index in [9.17, 15) is 5.11 Å². The van der Waals surface area contributed by atoms with Crippen LogP contribution in [0.3, 0.4) is 0 Å². The van der Waals surface area contributed by atoms with Crippen molar-refractivity contribution in [3.63, 3.8) is 0 Å². The number of nitrogens with two attached hydrogens (primary N) is 1. The van der Waals surface area contributed by atoms with Gasteiger partial charge in [-0.25, -0.2) is 4.98 Å². The minimum absolute atomic E-state index is 0.336. The quantitative estimate of drug-likeness (QED) is 0.698. The van der Waals surface area contributed by atoms with Crippen molar-refractivity contribution in [2.24, 2.45) is 0 Å². The van der Waals surface area contributed by atoms with Crippen molar-refractivity contribution in [3.05, 3.63) is 23.9 Å². The highest BCUT2D eigenvalue weighted by atomic mass is 16.5. The average molecular weight is 182 g/mol. The van der Waals surface area contributed by atoms with Crippen molar-refractivity contribution >= 4 is 5.82 Å². The Balaban J connectivity index is 2.53. The second-order valence-corrected chi connectivity index (χ2v) is 2.90. The summed E-state index contributed by atoms with van der Waals surface area (Å²) in [7, 11) is 1.56. The minimum Gasteiger partial charge on any atom is -0.390 e. The van der Waals surface area contributed by atoms with Crippen LogP contribution >= 0.6 is 0 Å². The number of aliphatic hydroxyl groups excluding tert-OH is 1. The standard InChI is InChI=1S/C9H14N2O2/c1-13-6-8(12)4-7-2-3-11-9(10)5-7/h2-3,5,8,12H,4,6H2,1H3,(H2,10,11). The highest BCUT2D eigenvalue weighted by Gasteiger charge is 2.04. The summed E-state index contributed by atoms with van der Waals surface area (Å²) in [4.78, 5) is 3.86. The van der Waals surface area contributed by atoms with E-state index in [1.54, 1.807) is 19.4 Å². The minimum atomic E-state index is -0.480. The Hall–Kier alpha value is -1.13. The summed E-state index contributed by atoms with van der Waals surface area (Å²) in [5.41, 5.74) is 6.45. The lowest BCUT2D eigenvalue weighted by Gasteiger charge is -2.08. The zero-order valence-electron chi connectivity index (χ0n) is 7.60. The van der Waals surface area contributed by atoms with E-state index in [2.05, 4.69) is 4.98 Å². The molecule has 0 radical (unpaired) electrons. The van der Waals surface area contributed by atoms with E-state index in [1.807, 2.05) is 6.07 Å². The molecule has 1 aromatic rings. The summed E-state index contributed by atoms with van der Waals surface area (Å²) >= 11 is 0. The summed E-state index contributed by atoms with van der Waals surface area (Å²) in [6, 6.07) is 3.58. The number of aliphatic hydroxyl groups is 1. The first-order valence-electron chi connectivity index (χ1n) is 4.10. The lowest BCUT2D eigenvalue weighted by atomic mass is 10.1. The van der Waals surface area contributed by atoms with E-state index in [4.69, 9.17) is 10.5 Å². The van der Waals surface area contributed by atoms with Crippen LogP contribution in [-0.4, -0.2) is 29.9 Å². The van der Waals surface area contributed by atoms with Crippen molar-refractivity contribution in [2.45, 2.75) is 12.5 Å². The Bertz CT molecular complexity index is 266. The van der Waals surface area contributed by atoms with Gasteiger partial charge in [0.1, 0.15) is 5.82 Å². The summed E-state index contributed by atoms with van der Waals surface area (Å²) in [5, 5.41) is 9.41. The van der Waals surface area contributed by atoms with Crippen LogP contribution in [0, 0.1) is 0 Å². The highest BCUT2D eigenvalue weighted by molar-refractivity contribution is 5.32. The molecule has 0 bridgehead atoms. The average Bonchev–Trinajstić information content (AvgIpc) is 2.04. The first-order chi connectivity index (χ1) is 6.22. The molecule has 0 aromatic carbocycles. The molecule has 1 unspecified atom stereocenters. The topological polar surface area (TPSA) is 68.4 Å². The molecule has 1 atom stereocenters. The fourth-order valence-corrected chi connectivity index (χ4v) is 1.14. The summed E-state index contributed by atoms with van der Waals surface area (Å²) < 4.78 is 4.81. The van der Waals surface area contributed by atoms with Gasteiger partial charge in [-0.15, -0.1) is 0 Å². The molecular weight excluding hydrogens is 168 g/mol. The van der Waals surface area contributed by atoms with Crippen LogP contribution < -0.4 is 5.73 Å². The molecule has 0 saturated heterocycles. The fraction of sp³-hybridized carbons (Fsp3) is 0.444. The molecule has 4 heteroatoms. The molecular formula is C9H14N2O2. The number of anilines is 1. The van der Waals surface area contributed by atoms with Crippen molar-refractivity contribution < 1.29 is 9.84 Å². The number of methoxy groups -OCH3 is 1. The molecule has 1 heterocycles. The zero-order chi connectivity index (χ0) is 9.68. The first kappa shape index (κ1) is 9.95. The predicted molar refractivity (Wildman–Crippen MR) is 50.2 cm³/mol. The van der Waals surface area contributed by atoms with Gasteiger partial charge in [-0.05, 0) is 17.7 Å². The van der Waals surface area contributed by atoms with Gasteiger partial charge in [0.25, 0.3) is 0 Å². The summed E-state index contributed by atoms with van der Waals surface area (Å²) in [5.74, 6) is 0.474. The van der Waals surface area contributed by atoms with Gasteiger partial charge in [-0.2, -0.15) is 0 Å². The molecule has 0 fully saturated rings. The molecule has 1 aromatic heterocycles. The molecule has 72 valence electrons. The third-order valence-electron chi connectivity index (χ3n) is 1.68. The zero-order valence-corrected chi connectivity index (χ0v) is 7.60. The maximum absolute atomic E-state index is 9.41. The maximum Gasteiger partial charge on any atom is 0.123 e. The fourth-order valence-electron chi connectivity index (χ4n) is 1.14. The molecule has 0 aliphatic rings. The van der Waals surface area contributed by atoms with Crippen LogP contribution in [0.5, 0.6) is 0 Å². The van der Waals surface area contributed by atoms with Gasteiger partial charge < -0.3 is 15.6 Å². The van der Waals surface area contributed by atoms with Crippen LogP contribution in [0.1, 0.15) is 5.56 Å².